The van der Waals surface area contributed by atoms with Crippen molar-refractivity contribution >= 4 is 133 Å². The Bertz CT molecular complexity index is 8480. The standard InChI is InChI=1S/2C68H50F2N2/c1-43-15-11-19-49(39-43)55-33-35-57(51-21-13-17-45(3)41-51)67(65(55)69)71(53-23-7-5-8-24-53)61-37-29-47-28-32-60-62(38-30-48-27-31-59(61)63(47)64(48)60)72(54-25-9-6-10-26-54)68-58(52-22-14-18-46(4)42-52)36-34-56(66(68)70)50-20-12-16-44(2)40-50;1-43-15-23-47(24-16-43)55-37-39-57(49-27-19-45(3)20-28-49)67(65(55)69)71(53-11-7-5-8-12-53)61-41-33-51-32-36-60-62(42-34-52-31-35-59(61)63(51)64(52)60)72(54-13-9-6-10-14-54)68-58(50-29-21-46(4)22-30-50)40-38-56(66(68)70)48-25-17-44(2)18-26-48/h2*5-42H,1-4H3. The number of nitrogens with zero attached hydrogens (tertiary/aromatic N) is 4. The zero-order valence-corrected chi connectivity index (χ0v) is 81.2. The molecule has 0 radical (unpaired) electrons. The van der Waals surface area contributed by atoms with Crippen LogP contribution in [0.1, 0.15) is 44.5 Å². The van der Waals surface area contributed by atoms with Gasteiger partial charge in [0.15, 0.2) is 23.3 Å². The molecule has 24 aromatic carbocycles. The third kappa shape index (κ3) is 16.5. The fourth-order valence-electron chi connectivity index (χ4n) is 21.3. The monoisotopic (exact) mass is 1860 g/mol. The molecule has 692 valence electrons. The van der Waals surface area contributed by atoms with Crippen molar-refractivity contribution in [3.05, 3.63) is 529 Å². The summed E-state index contributed by atoms with van der Waals surface area (Å²) in [5.74, 6) is -1.25. The van der Waals surface area contributed by atoms with E-state index in [0.717, 1.165) is 221 Å². The van der Waals surface area contributed by atoms with Crippen molar-refractivity contribution in [2.24, 2.45) is 0 Å². The van der Waals surface area contributed by atoms with Crippen LogP contribution in [0.5, 0.6) is 0 Å². The highest BCUT2D eigenvalue weighted by atomic mass is 19.1. The van der Waals surface area contributed by atoms with Gasteiger partial charge in [0.2, 0.25) is 0 Å². The van der Waals surface area contributed by atoms with Crippen molar-refractivity contribution in [2.75, 3.05) is 19.6 Å². The molecule has 0 saturated carbocycles. The summed E-state index contributed by atoms with van der Waals surface area (Å²) in [5.41, 5.74) is 29.4. The molecule has 4 nitrogen and oxygen atoms in total. The van der Waals surface area contributed by atoms with Crippen LogP contribution in [0.4, 0.5) is 85.8 Å². The molecular weight excluding hydrogens is 1770 g/mol. The van der Waals surface area contributed by atoms with E-state index in [1.165, 1.54) is 0 Å². The van der Waals surface area contributed by atoms with E-state index in [9.17, 15) is 0 Å². The van der Waals surface area contributed by atoms with Gasteiger partial charge in [0, 0.05) is 88.8 Å². The molecule has 144 heavy (non-hydrogen) atoms. The summed E-state index contributed by atoms with van der Waals surface area (Å²) in [7, 11) is 0. The third-order valence-electron chi connectivity index (χ3n) is 28.4. The van der Waals surface area contributed by atoms with Crippen LogP contribution in [0.25, 0.3) is 154 Å². The van der Waals surface area contributed by atoms with E-state index in [0.29, 0.717) is 45.0 Å². The Hall–Kier alpha value is -17.7. The number of rotatable bonds is 20. The second-order valence-electron chi connectivity index (χ2n) is 38.1. The molecule has 0 atom stereocenters. The first-order valence-corrected chi connectivity index (χ1v) is 49.1. The minimum absolute atomic E-state index is 0.311. The molecule has 0 amide bonds. The van der Waals surface area contributed by atoms with Crippen molar-refractivity contribution in [2.45, 2.75) is 55.4 Å². The van der Waals surface area contributed by atoms with Gasteiger partial charge in [-0.15, -0.1) is 0 Å². The van der Waals surface area contributed by atoms with Crippen molar-refractivity contribution in [1.82, 2.24) is 0 Å². The van der Waals surface area contributed by atoms with Crippen LogP contribution in [0.15, 0.2) is 461 Å². The molecule has 0 saturated heterocycles. The summed E-state index contributed by atoms with van der Waals surface area (Å²) in [4.78, 5) is 8.42. The smallest absolute Gasteiger partial charge is 0.155 e. The van der Waals surface area contributed by atoms with Gasteiger partial charge in [0.05, 0.1) is 45.5 Å². The minimum atomic E-state index is -0.313. The fraction of sp³-hybridized carbons (Fsp3) is 0.0588. The highest BCUT2D eigenvalue weighted by Gasteiger charge is 2.34. The molecule has 0 aromatic heterocycles. The lowest BCUT2D eigenvalue weighted by molar-refractivity contribution is 0.632. The van der Waals surface area contributed by atoms with Crippen molar-refractivity contribution in [1.29, 1.82) is 0 Å². The average molecular weight is 1870 g/mol. The van der Waals surface area contributed by atoms with Gasteiger partial charge in [-0.2, -0.15) is 0 Å². The van der Waals surface area contributed by atoms with Crippen LogP contribution in [-0.4, -0.2) is 0 Å². The Morgan fingerprint density at radius 1 is 0.146 bits per heavy atom. The van der Waals surface area contributed by atoms with Gasteiger partial charge in [-0.05, 0) is 216 Å². The van der Waals surface area contributed by atoms with Gasteiger partial charge in [-0.25, -0.2) is 17.6 Å². The Balaban J connectivity index is 0.000000159. The van der Waals surface area contributed by atoms with E-state index in [1.807, 2.05) is 234 Å². The average Bonchev–Trinajstić information content (AvgIpc) is 0.712. The summed E-state index contributed by atoms with van der Waals surface area (Å²) in [6, 6.07) is 156. The molecular formula is C136H100F4N4. The van der Waals surface area contributed by atoms with Gasteiger partial charge in [0.25, 0.3) is 0 Å². The lowest BCUT2D eigenvalue weighted by Crippen LogP contribution is -2.15. The quantitative estimate of drug-likeness (QED) is 0.0557. The maximum atomic E-state index is 18.3. The number of anilines is 12. The highest BCUT2D eigenvalue weighted by Crippen LogP contribution is 2.57. The second-order valence-corrected chi connectivity index (χ2v) is 38.1. The fourth-order valence-corrected chi connectivity index (χ4v) is 21.3. The Morgan fingerprint density at radius 3 is 0.556 bits per heavy atom. The van der Waals surface area contributed by atoms with Crippen molar-refractivity contribution in [3.63, 3.8) is 0 Å². The summed E-state index contributed by atoms with van der Waals surface area (Å²) < 4.78 is 73.1. The van der Waals surface area contributed by atoms with Gasteiger partial charge in [-0.3, -0.25) is 0 Å². The van der Waals surface area contributed by atoms with Crippen molar-refractivity contribution in [3.8, 4) is 89.0 Å². The molecule has 24 rings (SSSR count). The topological polar surface area (TPSA) is 13.0 Å². The first kappa shape index (κ1) is 90.1. The number of hydrogen-bond acceptors (Lipinski definition) is 4. The predicted molar refractivity (Wildman–Crippen MR) is 600 cm³/mol. The maximum Gasteiger partial charge on any atom is 0.155 e. The maximum absolute atomic E-state index is 18.3. The third-order valence-corrected chi connectivity index (χ3v) is 28.4. The van der Waals surface area contributed by atoms with Crippen LogP contribution in [0.2, 0.25) is 0 Å². The number of benzene rings is 24. The van der Waals surface area contributed by atoms with Crippen molar-refractivity contribution < 1.29 is 17.6 Å². The van der Waals surface area contributed by atoms with E-state index in [2.05, 4.69) is 302 Å². The Kier molecular flexibility index (Phi) is 23.7. The van der Waals surface area contributed by atoms with Gasteiger partial charge in [-0.1, -0.05) is 433 Å². The minimum Gasteiger partial charge on any atom is -0.307 e. The summed E-state index contributed by atoms with van der Waals surface area (Å²) >= 11 is 0. The van der Waals surface area contributed by atoms with E-state index in [1.54, 1.807) is 0 Å². The Labute approximate surface area is 837 Å². The zero-order valence-electron chi connectivity index (χ0n) is 81.2. The summed E-state index contributed by atoms with van der Waals surface area (Å²) in [6.07, 6.45) is 0. The molecule has 0 unspecified atom stereocenters. The molecule has 0 heterocycles. The van der Waals surface area contributed by atoms with Crippen LogP contribution >= 0.6 is 0 Å². The van der Waals surface area contributed by atoms with Crippen LogP contribution in [-0.2, 0) is 0 Å². The molecule has 8 heteroatoms. The van der Waals surface area contributed by atoms with Gasteiger partial charge < -0.3 is 19.6 Å². The van der Waals surface area contributed by atoms with E-state index >= 15 is 17.6 Å². The lowest BCUT2D eigenvalue weighted by atomic mass is 9.90. The molecule has 0 aliphatic rings. The zero-order chi connectivity index (χ0) is 98.1. The van der Waals surface area contributed by atoms with Gasteiger partial charge >= 0.3 is 0 Å². The number of para-hydroxylation sites is 4. The first-order chi connectivity index (χ1) is 70.4. The van der Waals surface area contributed by atoms with E-state index in [-0.39, 0.29) is 23.3 Å². The van der Waals surface area contributed by atoms with Crippen LogP contribution in [0, 0.1) is 78.7 Å². The summed E-state index contributed by atoms with van der Waals surface area (Å²) in [5, 5.41) is 12.2. The largest absolute Gasteiger partial charge is 0.307 e. The SMILES string of the molecule is Cc1ccc(-c2ccc(-c3ccc(C)cc3)c(N(c3ccccc3)c3ccc4ccc5c(N(c6ccccc6)c6c(-c7ccc(C)cc7)ccc(-c7ccc(C)cc7)c6F)ccc6ccc3c4c65)c2F)cc1.Cc1cccc(-c2ccc(-c3cccc(C)c3)c(N(c3ccccc3)c3ccc4ccc5c(N(c6ccccc6)c6c(-c7cccc(C)c7)ccc(-c7cccc(C)c7)c6F)ccc6ccc3c4c65)c2F)c1. The van der Waals surface area contributed by atoms with Crippen LogP contribution in [0.3, 0.4) is 0 Å². The lowest BCUT2D eigenvalue weighted by Gasteiger charge is -2.32. The first-order valence-electron chi connectivity index (χ1n) is 49.1. The van der Waals surface area contributed by atoms with E-state index in [4.69, 9.17) is 0 Å². The molecule has 0 aliphatic carbocycles. The number of hydrogen-bond donors (Lipinski definition) is 0. The molecule has 0 fully saturated rings. The number of aryl methyl sites for hydroxylation is 8. The van der Waals surface area contributed by atoms with Crippen LogP contribution < -0.4 is 19.6 Å². The van der Waals surface area contributed by atoms with E-state index < -0.39 is 0 Å². The predicted octanol–water partition coefficient (Wildman–Crippen LogP) is 39.4. The molecule has 0 spiro atoms. The second kappa shape index (κ2) is 37.8. The molecule has 0 aliphatic heterocycles. The highest BCUT2D eigenvalue weighted by molar-refractivity contribution is 6.30. The Morgan fingerprint density at radius 2 is 0.333 bits per heavy atom. The van der Waals surface area contributed by atoms with Gasteiger partial charge in [0.1, 0.15) is 0 Å². The molecule has 0 N–H and O–H groups in total. The molecule has 0 bridgehead atoms. The number of halogens is 4. The molecule has 24 aromatic rings. The normalized spacial score (nSPS) is 11.5. The summed E-state index contributed by atoms with van der Waals surface area (Å²) in [6.45, 7) is 16.5.